The van der Waals surface area contributed by atoms with Gasteiger partial charge in [0.25, 0.3) is 0 Å². The van der Waals surface area contributed by atoms with Gasteiger partial charge in [-0.05, 0) is 60.0 Å². The van der Waals surface area contributed by atoms with Crippen LogP contribution in [-0.2, 0) is 13.2 Å². The minimum atomic E-state index is -0.286. The van der Waals surface area contributed by atoms with Gasteiger partial charge in [0.15, 0.2) is 11.5 Å². The molecule has 6 heteroatoms. The van der Waals surface area contributed by atoms with E-state index in [2.05, 4.69) is 5.32 Å². The van der Waals surface area contributed by atoms with Gasteiger partial charge >= 0.3 is 0 Å². The van der Waals surface area contributed by atoms with Crippen LogP contribution in [0, 0.1) is 12.7 Å². The lowest BCUT2D eigenvalue weighted by Crippen LogP contribution is -2.03. The molecule has 0 atom stereocenters. The Morgan fingerprint density at radius 3 is 2.36 bits per heavy atom. The molecular weight excluding hydrogens is 400 g/mol. The third-order valence-electron chi connectivity index (χ3n) is 4.25. The van der Waals surface area contributed by atoms with E-state index in [1.165, 1.54) is 12.1 Å². The maximum absolute atomic E-state index is 13.0. The lowest BCUT2D eigenvalue weighted by atomic mass is 10.1. The van der Waals surface area contributed by atoms with Gasteiger partial charge in [-0.2, -0.15) is 0 Å². The molecular formula is C22H20Cl2FNO2. The second-order valence-corrected chi connectivity index (χ2v) is 7.16. The molecule has 0 aromatic heterocycles. The number of aryl methyl sites for hydroxylation is 1. The number of hydrogen-bond donors (Lipinski definition) is 1. The molecule has 146 valence electrons. The minimum absolute atomic E-state index is 0.260. The Bertz CT molecular complexity index is 961. The Labute approximate surface area is 174 Å². The second kappa shape index (κ2) is 9.18. The van der Waals surface area contributed by atoms with Crippen LogP contribution in [0.5, 0.6) is 11.5 Å². The van der Waals surface area contributed by atoms with Crippen LogP contribution in [0.3, 0.4) is 0 Å². The Hall–Kier alpha value is -2.43. The lowest BCUT2D eigenvalue weighted by molar-refractivity contribution is 0.284. The number of anilines is 1. The van der Waals surface area contributed by atoms with Crippen LogP contribution >= 0.6 is 23.2 Å². The second-order valence-electron chi connectivity index (χ2n) is 6.34. The van der Waals surface area contributed by atoms with Gasteiger partial charge in [-0.15, -0.1) is 0 Å². The average Bonchev–Trinajstić information content (AvgIpc) is 2.69. The Balaban J connectivity index is 1.71. The standard InChI is InChI=1S/C22H20Cl2FNO2/c1-14-3-8-18(11-19(14)23)26-12-16-9-20(24)22(21(10-16)27-2)28-13-15-4-6-17(25)7-5-15/h3-11,26H,12-13H2,1-2H3. The highest BCUT2D eigenvalue weighted by Crippen LogP contribution is 2.37. The number of nitrogens with one attached hydrogen (secondary N) is 1. The smallest absolute Gasteiger partial charge is 0.180 e. The summed E-state index contributed by atoms with van der Waals surface area (Å²) < 4.78 is 24.3. The molecule has 0 saturated heterocycles. The molecule has 28 heavy (non-hydrogen) atoms. The molecule has 0 aliphatic carbocycles. The zero-order valence-corrected chi connectivity index (χ0v) is 17.1. The van der Waals surface area contributed by atoms with Gasteiger partial charge in [0.05, 0.1) is 12.1 Å². The summed E-state index contributed by atoms with van der Waals surface area (Å²) in [7, 11) is 1.56. The van der Waals surface area contributed by atoms with E-state index < -0.39 is 0 Å². The largest absolute Gasteiger partial charge is 0.493 e. The fourth-order valence-electron chi connectivity index (χ4n) is 2.66. The van der Waals surface area contributed by atoms with Crippen molar-refractivity contribution in [1.82, 2.24) is 0 Å². The van der Waals surface area contributed by atoms with Crippen LogP contribution in [0.15, 0.2) is 54.6 Å². The molecule has 1 N–H and O–H groups in total. The number of hydrogen-bond acceptors (Lipinski definition) is 3. The van der Waals surface area contributed by atoms with E-state index in [1.807, 2.05) is 37.3 Å². The summed E-state index contributed by atoms with van der Waals surface area (Å²) in [5.41, 5.74) is 3.72. The van der Waals surface area contributed by atoms with Gasteiger partial charge in [-0.3, -0.25) is 0 Å². The Morgan fingerprint density at radius 1 is 0.929 bits per heavy atom. The average molecular weight is 420 g/mol. The van der Waals surface area contributed by atoms with Crippen LogP contribution < -0.4 is 14.8 Å². The predicted octanol–water partition coefficient (Wildman–Crippen LogP) is 6.64. The normalized spacial score (nSPS) is 10.6. The zero-order valence-electron chi connectivity index (χ0n) is 15.6. The monoisotopic (exact) mass is 419 g/mol. The molecule has 0 fully saturated rings. The maximum Gasteiger partial charge on any atom is 0.180 e. The van der Waals surface area contributed by atoms with Crippen molar-refractivity contribution in [3.63, 3.8) is 0 Å². The van der Waals surface area contributed by atoms with Crippen molar-refractivity contribution in [2.45, 2.75) is 20.1 Å². The molecule has 0 amide bonds. The first-order valence-electron chi connectivity index (χ1n) is 8.70. The number of rotatable bonds is 7. The Kier molecular flexibility index (Phi) is 6.65. The van der Waals surface area contributed by atoms with Crippen molar-refractivity contribution < 1.29 is 13.9 Å². The highest BCUT2D eigenvalue weighted by Gasteiger charge is 2.13. The molecule has 3 rings (SSSR count). The van der Waals surface area contributed by atoms with Crippen molar-refractivity contribution in [3.05, 3.63) is 87.2 Å². The lowest BCUT2D eigenvalue weighted by Gasteiger charge is -2.15. The summed E-state index contributed by atoms with van der Waals surface area (Å²) in [5, 5.41) is 4.47. The number of methoxy groups -OCH3 is 1. The van der Waals surface area contributed by atoms with Gasteiger partial charge in [-0.1, -0.05) is 41.4 Å². The van der Waals surface area contributed by atoms with Crippen LogP contribution in [0.2, 0.25) is 10.0 Å². The first-order valence-corrected chi connectivity index (χ1v) is 9.45. The van der Waals surface area contributed by atoms with E-state index in [0.29, 0.717) is 28.1 Å². The van der Waals surface area contributed by atoms with Gasteiger partial charge in [0.1, 0.15) is 12.4 Å². The van der Waals surface area contributed by atoms with Crippen molar-refractivity contribution >= 4 is 28.9 Å². The van der Waals surface area contributed by atoms with E-state index >= 15 is 0 Å². The van der Waals surface area contributed by atoms with Crippen molar-refractivity contribution in [1.29, 1.82) is 0 Å². The van der Waals surface area contributed by atoms with Crippen molar-refractivity contribution in [2.75, 3.05) is 12.4 Å². The summed E-state index contributed by atoms with van der Waals surface area (Å²) in [6.07, 6.45) is 0. The number of benzene rings is 3. The van der Waals surface area contributed by atoms with Crippen LogP contribution in [0.1, 0.15) is 16.7 Å². The summed E-state index contributed by atoms with van der Waals surface area (Å²) in [4.78, 5) is 0. The fraction of sp³-hybridized carbons (Fsp3) is 0.182. The first-order chi connectivity index (χ1) is 13.5. The van der Waals surface area contributed by atoms with Gasteiger partial charge in [-0.25, -0.2) is 4.39 Å². The quantitative estimate of drug-likeness (QED) is 0.465. The topological polar surface area (TPSA) is 30.5 Å². The molecule has 0 radical (unpaired) electrons. The molecule has 0 bridgehead atoms. The molecule has 3 aromatic rings. The summed E-state index contributed by atoms with van der Waals surface area (Å²) in [6.45, 7) is 2.77. The number of halogens is 3. The van der Waals surface area contributed by atoms with E-state index in [4.69, 9.17) is 32.7 Å². The molecule has 0 aliphatic rings. The van der Waals surface area contributed by atoms with Crippen molar-refractivity contribution in [2.24, 2.45) is 0 Å². The highest BCUT2D eigenvalue weighted by atomic mass is 35.5. The van der Waals surface area contributed by atoms with Crippen molar-refractivity contribution in [3.8, 4) is 11.5 Å². The van der Waals surface area contributed by atoms with Crippen LogP contribution in [0.25, 0.3) is 0 Å². The van der Waals surface area contributed by atoms with E-state index in [9.17, 15) is 4.39 Å². The van der Waals surface area contributed by atoms with Gasteiger partial charge in [0.2, 0.25) is 0 Å². The van der Waals surface area contributed by atoms with E-state index in [0.717, 1.165) is 22.4 Å². The summed E-state index contributed by atoms with van der Waals surface area (Å²) >= 11 is 12.6. The van der Waals surface area contributed by atoms with Crippen LogP contribution in [-0.4, -0.2) is 7.11 Å². The molecule has 0 heterocycles. The number of ether oxygens (including phenoxy) is 2. The zero-order chi connectivity index (χ0) is 20.1. The third kappa shape index (κ3) is 5.09. The van der Waals surface area contributed by atoms with Crippen LogP contribution in [0.4, 0.5) is 10.1 Å². The predicted molar refractivity (Wildman–Crippen MR) is 112 cm³/mol. The minimum Gasteiger partial charge on any atom is -0.493 e. The first kappa shape index (κ1) is 20.3. The molecule has 0 saturated carbocycles. The van der Waals surface area contributed by atoms with E-state index in [1.54, 1.807) is 19.2 Å². The molecule has 0 aliphatic heterocycles. The SMILES string of the molecule is COc1cc(CNc2ccc(C)c(Cl)c2)cc(Cl)c1OCc1ccc(F)cc1. The van der Waals surface area contributed by atoms with Gasteiger partial charge in [0, 0.05) is 17.3 Å². The van der Waals surface area contributed by atoms with Gasteiger partial charge < -0.3 is 14.8 Å². The summed E-state index contributed by atoms with van der Waals surface area (Å²) in [6, 6.07) is 15.6. The third-order valence-corrected chi connectivity index (χ3v) is 4.94. The maximum atomic E-state index is 13.0. The highest BCUT2D eigenvalue weighted by molar-refractivity contribution is 6.32. The molecule has 0 spiro atoms. The summed E-state index contributed by atoms with van der Waals surface area (Å²) in [5.74, 6) is 0.704. The van der Waals surface area contributed by atoms with E-state index in [-0.39, 0.29) is 12.4 Å². The fourth-order valence-corrected chi connectivity index (χ4v) is 3.13. The molecule has 0 unspecified atom stereocenters. The Morgan fingerprint density at radius 2 is 1.68 bits per heavy atom. The molecule has 3 aromatic carbocycles. The molecule has 3 nitrogen and oxygen atoms in total.